The van der Waals surface area contributed by atoms with Gasteiger partial charge in [-0.25, -0.2) is 17.2 Å². The van der Waals surface area contributed by atoms with Gasteiger partial charge in [0.15, 0.2) is 0 Å². The molecule has 0 aliphatic heterocycles. The van der Waals surface area contributed by atoms with Crippen LogP contribution in [0.3, 0.4) is 0 Å². The van der Waals surface area contributed by atoms with E-state index in [2.05, 4.69) is 4.85 Å². The van der Waals surface area contributed by atoms with Crippen LogP contribution in [-0.2, 0) is 10.0 Å². The zero-order valence-corrected chi connectivity index (χ0v) is 20.2. The largest absolute Gasteiger partial charge is 0.497 e. The van der Waals surface area contributed by atoms with E-state index in [4.69, 9.17) is 11.3 Å². The van der Waals surface area contributed by atoms with Gasteiger partial charge in [-0.1, -0.05) is 54.6 Å². The number of fused-ring (bicyclic) bond motifs is 1. The second kappa shape index (κ2) is 8.49. The van der Waals surface area contributed by atoms with Crippen LogP contribution in [0.25, 0.3) is 38.1 Å². The van der Waals surface area contributed by atoms with E-state index in [1.807, 2.05) is 67.6 Å². The van der Waals surface area contributed by atoms with Crippen LogP contribution in [-0.4, -0.2) is 19.5 Å². The third-order valence-electron chi connectivity index (χ3n) is 5.68. The zero-order chi connectivity index (χ0) is 23.9. The van der Waals surface area contributed by atoms with E-state index in [9.17, 15) is 8.42 Å². The van der Waals surface area contributed by atoms with Crippen LogP contribution in [0.1, 0.15) is 4.88 Å². The Balaban J connectivity index is 1.94. The lowest BCUT2D eigenvalue weighted by molar-refractivity contribution is 0.414. The highest BCUT2D eigenvalue weighted by molar-refractivity contribution is 7.90. The summed E-state index contributed by atoms with van der Waals surface area (Å²) in [7, 11) is -2.44. The Labute approximate surface area is 202 Å². The summed E-state index contributed by atoms with van der Waals surface area (Å²) in [6, 6.07) is 25.3. The Morgan fingerprint density at radius 1 is 0.941 bits per heavy atom. The van der Waals surface area contributed by atoms with Gasteiger partial charge >= 0.3 is 0 Å². The minimum atomic E-state index is -3.98. The number of aryl methyl sites for hydroxylation is 1. The van der Waals surface area contributed by atoms with Crippen molar-refractivity contribution in [1.29, 1.82) is 0 Å². The van der Waals surface area contributed by atoms with Gasteiger partial charge in [0.1, 0.15) is 5.75 Å². The van der Waals surface area contributed by atoms with E-state index in [0.29, 0.717) is 22.0 Å². The number of hydrogen-bond acceptors (Lipinski definition) is 4. The Morgan fingerprint density at radius 3 is 2.29 bits per heavy atom. The minimum absolute atomic E-state index is 0.157. The first-order valence-corrected chi connectivity index (χ1v) is 12.8. The topological polar surface area (TPSA) is 52.7 Å². The number of nitrogens with zero attached hydrogens (tertiary/aromatic N) is 2. The highest BCUT2D eigenvalue weighted by Gasteiger charge is 2.29. The minimum Gasteiger partial charge on any atom is -0.497 e. The van der Waals surface area contributed by atoms with Crippen molar-refractivity contribution in [3.05, 3.63) is 101 Å². The first-order valence-electron chi connectivity index (χ1n) is 10.5. The molecule has 0 saturated carbocycles. The second-order valence-corrected chi connectivity index (χ2v) is 10.8. The molecule has 0 atom stereocenters. The first kappa shape index (κ1) is 22.0. The van der Waals surface area contributed by atoms with E-state index in [1.165, 1.54) is 15.3 Å². The van der Waals surface area contributed by atoms with Gasteiger partial charge in [-0.3, -0.25) is 0 Å². The molecule has 0 radical (unpaired) electrons. The molecule has 5 nitrogen and oxygen atoms in total. The van der Waals surface area contributed by atoms with E-state index >= 15 is 0 Å². The molecular weight excluding hydrogens is 464 g/mol. The summed E-state index contributed by atoms with van der Waals surface area (Å²) in [5, 5.41) is 1.32. The van der Waals surface area contributed by atoms with E-state index in [1.54, 1.807) is 31.4 Å². The monoisotopic (exact) mass is 484 g/mol. The standard InChI is InChI=1S/C27H20N2O3S2/c1-18-17-23(27(28-2)33-18)25-22-11-7-8-12-24(22)29(26(25)19-9-5-4-6-10-19)34(30,31)21-15-13-20(32-3)14-16-21/h4-17H,1,3H3. The fraction of sp³-hybridized carbons (Fsp3) is 0.0741. The molecular formula is C27H20N2O3S2. The van der Waals surface area contributed by atoms with E-state index < -0.39 is 10.0 Å². The summed E-state index contributed by atoms with van der Waals surface area (Å²) in [6.07, 6.45) is 0. The maximum Gasteiger partial charge on any atom is 0.268 e. The third-order valence-corrected chi connectivity index (χ3v) is 8.36. The first-order chi connectivity index (χ1) is 16.5. The van der Waals surface area contributed by atoms with Crippen LogP contribution in [0, 0.1) is 13.5 Å². The summed E-state index contributed by atoms with van der Waals surface area (Å²) in [4.78, 5) is 4.91. The number of hydrogen-bond donors (Lipinski definition) is 0. The highest BCUT2D eigenvalue weighted by Crippen LogP contribution is 2.48. The van der Waals surface area contributed by atoms with Crippen molar-refractivity contribution in [1.82, 2.24) is 3.97 Å². The quantitative estimate of drug-likeness (QED) is 0.249. The number of benzene rings is 3. The summed E-state index contributed by atoms with van der Waals surface area (Å²) in [5.41, 5.74) is 3.35. The summed E-state index contributed by atoms with van der Waals surface area (Å²) in [6.45, 7) is 9.69. The van der Waals surface area contributed by atoms with Gasteiger partial charge < -0.3 is 4.74 Å². The zero-order valence-electron chi connectivity index (χ0n) is 18.5. The van der Waals surface area contributed by atoms with Gasteiger partial charge in [0, 0.05) is 16.5 Å². The third kappa shape index (κ3) is 3.48. The van der Waals surface area contributed by atoms with Crippen LogP contribution in [0.2, 0.25) is 0 Å². The molecule has 168 valence electrons. The van der Waals surface area contributed by atoms with Crippen LogP contribution < -0.4 is 4.74 Å². The van der Waals surface area contributed by atoms with Crippen LogP contribution in [0.15, 0.2) is 89.8 Å². The number of para-hydroxylation sites is 1. The van der Waals surface area contributed by atoms with Crippen molar-refractivity contribution in [3.63, 3.8) is 0 Å². The van der Waals surface area contributed by atoms with Crippen molar-refractivity contribution >= 4 is 37.3 Å². The van der Waals surface area contributed by atoms with Gasteiger partial charge in [-0.2, -0.15) is 11.3 Å². The van der Waals surface area contributed by atoms with Crippen LogP contribution >= 0.6 is 11.3 Å². The Hall–Kier alpha value is -3.86. The van der Waals surface area contributed by atoms with Gasteiger partial charge in [0.2, 0.25) is 5.00 Å². The Bertz CT molecular complexity index is 1660. The molecule has 0 amide bonds. The Morgan fingerprint density at radius 2 is 1.62 bits per heavy atom. The number of methoxy groups -OCH3 is 1. The van der Waals surface area contributed by atoms with Crippen molar-refractivity contribution in [2.24, 2.45) is 0 Å². The van der Waals surface area contributed by atoms with Gasteiger partial charge in [0.05, 0.1) is 29.8 Å². The molecule has 7 heteroatoms. The van der Waals surface area contributed by atoms with Gasteiger partial charge in [-0.05, 0) is 47.7 Å². The molecule has 0 saturated heterocycles. The molecule has 3 aromatic carbocycles. The van der Waals surface area contributed by atoms with Crippen molar-refractivity contribution in [2.45, 2.75) is 11.8 Å². The molecule has 0 fully saturated rings. The molecule has 2 heterocycles. The molecule has 0 aliphatic rings. The average Bonchev–Trinajstić information content (AvgIpc) is 3.42. The number of aromatic nitrogens is 1. The van der Waals surface area contributed by atoms with Crippen molar-refractivity contribution in [2.75, 3.05) is 7.11 Å². The van der Waals surface area contributed by atoms with Crippen LogP contribution in [0.5, 0.6) is 5.75 Å². The predicted molar refractivity (Wildman–Crippen MR) is 137 cm³/mol. The lowest BCUT2D eigenvalue weighted by atomic mass is 10.00. The molecule has 5 aromatic rings. The maximum absolute atomic E-state index is 14.1. The number of rotatable bonds is 5. The lowest BCUT2D eigenvalue weighted by Crippen LogP contribution is -2.14. The van der Waals surface area contributed by atoms with Gasteiger partial charge in [0.25, 0.3) is 10.0 Å². The number of thiophene rings is 1. The van der Waals surface area contributed by atoms with Crippen molar-refractivity contribution < 1.29 is 13.2 Å². The molecule has 5 rings (SSSR count). The molecule has 2 aromatic heterocycles. The van der Waals surface area contributed by atoms with Crippen molar-refractivity contribution in [3.8, 4) is 28.1 Å². The highest BCUT2D eigenvalue weighted by atomic mass is 32.2. The molecule has 0 spiro atoms. The molecule has 0 N–H and O–H groups in total. The summed E-state index contributed by atoms with van der Waals surface area (Å²) < 4.78 is 34.8. The number of ether oxygens (including phenoxy) is 1. The predicted octanol–water partition coefficient (Wildman–Crippen LogP) is 7.14. The molecule has 0 unspecified atom stereocenters. The molecule has 34 heavy (non-hydrogen) atoms. The molecule has 0 aliphatic carbocycles. The fourth-order valence-electron chi connectivity index (χ4n) is 4.21. The maximum atomic E-state index is 14.1. The van der Waals surface area contributed by atoms with E-state index in [0.717, 1.165) is 27.0 Å². The SMILES string of the molecule is [C-]#[N+]c1sc(C)cc1-c1c(-c2ccccc2)n(S(=O)(=O)c2ccc(OC)cc2)c2ccccc12. The summed E-state index contributed by atoms with van der Waals surface area (Å²) in [5.74, 6) is 0.579. The fourth-order valence-corrected chi connectivity index (χ4v) is 6.55. The van der Waals surface area contributed by atoms with Gasteiger partial charge in [-0.15, -0.1) is 0 Å². The normalized spacial score (nSPS) is 11.4. The lowest BCUT2D eigenvalue weighted by Gasteiger charge is -2.14. The second-order valence-electron chi connectivity index (χ2n) is 7.74. The smallest absolute Gasteiger partial charge is 0.268 e. The molecule has 0 bridgehead atoms. The summed E-state index contributed by atoms with van der Waals surface area (Å²) >= 11 is 1.41. The average molecular weight is 485 g/mol. The Kier molecular flexibility index (Phi) is 5.48. The van der Waals surface area contributed by atoms with Crippen LogP contribution in [0.4, 0.5) is 5.00 Å². The van der Waals surface area contributed by atoms with E-state index in [-0.39, 0.29) is 4.90 Å².